The molecule has 0 aliphatic carbocycles. The van der Waals surface area contributed by atoms with Gasteiger partial charge in [-0.2, -0.15) is 0 Å². The van der Waals surface area contributed by atoms with Gasteiger partial charge in [0.2, 0.25) is 0 Å². The van der Waals surface area contributed by atoms with Gasteiger partial charge in [0.1, 0.15) is 5.75 Å². The van der Waals surface area contributed by atoms with Crippen molar-refractivity contribution in [3.8, 4) is 5.75 Å². The van der Waals surface area contributed by atoms with Gasteiger partial charge in [0.05, 0.1) is 6.61 Å². The predicted octanol–water partition coefficient (Wildman–Crippen LogP) is 4.92. The lowest BCUT2D eigenvalue weighted by atomic mass is 10.0. The molecular weight excluding hydrogens is 294 g/mol. The highest BCUT2D eigenvalue weighted by atomic mass is 16.5. The van der Waals surface area contributed by atoms with Crippen LogP contribution in [-0.4, -0.2) is 31.1 Å². The first-order chi connectivity index (χ1) is 11.9. The van der Waals surface area contributed by atoms with Crippen molar-refractivity contribution in [3.63, 3.8) is 0 Å². The smallest absolute Gasteiger partial charge is 0.122 e. The van der Waals surface area contributed by atoms with Crippen LogP contribution in [-0.2, 0) is 6.42 Å². The standard InChI is InChI=1S/C22H29NO/c1-3-11-20(12-4-1)19-21-13-5-6-14-22(21)24-18-10-9-17-23-15-7-2-8-16-23/h1,3-6,11-14H,2,7-10,15-19H2. The maximum Gasteiger partial charge on any atom is 0.122 e. The first-order valence-electron chi connectivity index (χ1n) is 9.39. The molecule has 2 aromatic rings. The second-order valence-electron chi connectivity index (χ2n) is 6.73. The third-order valence-corrected chi connectivity index (χ3v) is 4.78. The number of benzene rings is 2. The molecule has 0 spiro atoms. The Morgan fingerprint density at radius 3 is 2.38 bits per heavy atom. The molecule has 0 aromatic heterocycles. The summed E-state index contributed by atoms with van der Waals surface area (Å²) in [7, 11) is 0. The number of unbranched alkanes of at least 4 members (excludes halogenated alkanes) is 1. The highest BCUT2D eigenvalue weighted by Crippen LogP contribution is 2.21. The van der Waals surface area contributed by atoms with Crippen LogP contribution in [0.2, 0.25) is 0 Å². The first-order valence-corrected chi connectivity index (χ1v) is 9.39. The Kier molecular flexibility index (Phi) is 6.73. The van der Waals surface area contributed by atoms with Crippen LogP contribution in [0, 0.1) is 0 Å². The van der Waals surface area contributed by atoms with Crippen LogP contribution >= 0.6 is 0 Å². The van der Waals surface area contributed by atoms with Gasteiger partial charge in [-0.05, 0) is 62.5 Å². The van der Waals surface area contributed by atoms with Crippen LogP contribution in [0.4, 0.5) is 0 Å². The van der Waals surface area contributed by atoms with Gasteiger partial charge < -0.3 is 9.64 Å². The molecule has 0 unspecified atom stereocenters. The summed E-state index contributed by atoms with van der Waals surface area (Å²) < 4.78 is 6.08. The summed E-state index contributed by atoms with van der Waals surface area (Å²) in [6.07, 6.45) is 7.48. The zero-order chi connectivity index (χ0) is 16.5. The van der Waals surface area contributed by atoms with Crippen LogP contribution in [0.15, 0.2) is 54.6 Å². The fraction of sp³-hybridized carbons (Fsp3) is 0.455. The Balaban J connectivity index is 1.43. The van der Waals surface area contributed by atoms with Crippen LogP contribution in [0.25, 0.3) is 0 Å². The number of piperidine rings is 1. The quantitative estimate of drug-likeness (QED) is 0.639. The Morgan fingerprint density at radius 1 is 0.792 bits per heavy atom. The molecule has 0 amide bonds. The van der Waals surface area contributed by atoms with E-state index in [1.807, 2.05) is 0 Å². The van der Waals surface area contributed by atoms with E-state index < -0.39 is 0 Å². The van der Waals surface area contributed by atoms with E-state index in [-0.39, 0.29) is 0 Å². The van der Waals surface area contributed by atoms with Crippen molar-refractivity contribution >= 4 is 0 Å². The van der Waals surface area contributed by atoms with Gasteiger partial charge in [0, 0.05) is 6.42 Å². The van der Waals surface area contributed by atoms with E-state index in [2.05, 4.69) is 59.5 Å². The summed E-state index contributed by atoms with van der Waals surface area (Å²) in [6, 6.07) is 19.1. The average molecular weight is 323 g/mol. The lowest BCUT2D eigenvalue weighted by Crippen LogP contribution is -2.30. The second kappa shape index (κ2) is 9.48. The minimum Gasteiger partial charge on any atom is -0.493 e. The van der Waals surface area contributed by atoms with Gasteiger partial charge in [-0.15, -0.1) is 0 Å². The van der Waals surface area contributed by atoms with Gasteiger partial charge in [0.15, 0.2) is 0 Å². The highest BCUT2D eigenvalue weighted by molar-refractivity contribution is 5.37. The van der Waals surface area contributed by atoms with Gasteiger partial charge >= 0.3 is 0 Å². The van der Waals surface area contributed by atoms with Crippen LogP contribution < -0.4 is 4.74 Å². The fourth-order valence-corrected chi connectivity index (χ4v) is 3.41. The average Bonchev–Trinajstić information content (AvgIpc) is 2.64. The minimum absolute atomic E-state index is 0.819. The second-order valence-corrected chi connectivity index (χ2v) is 6.73. The molecule has 1 aliphatic heterocycles. The largest absolute Gasteiger partial charge is 0.493 e. The number of rotatable bonds is 8. The maximum atomic E-state index is 6.08. The lowest BCUT2D eigenvalue weighted by molar-refractivity contribution is 0.215. The monoisotopic (exact) mass is 323 g/mol. The topological polar surface area (TPSA) is 12.5 Å². The molecule has 0 radical (unpaired) electrons. The summed E-state index contributed by atoms with van der Waals surface area (Å²) >= 11 is 0. The Labute approximate surface area is 146 Å². The number of ether oxygens (including phenoxy) is 1. The third kappa shape index (κ3) is 5.38. The highest BCUT2D eigenvalue weighted by Gasteiger charge is 2.09. The molecule has 1 aliphatic rings. The summed E-state index contributed by atoms with van der Waals surface area (Å²) in [6.45, 7) is 4.64. The molecule has 2 heteroatoms. The molecule has 128 valence electrons. The molecule has 0 N–H and O–H groups in total. The Morgan fingerprint density at radius 2 is 1.54 bits per heavy atom. The van der Waals surface area contributed by atoms with E-state index in [0.717, 1.165) is 25.2 Å². The predicted molar refractivity (Wildman–Crippen MR) is 101 cm³/mol. The van der Waals surface area contributed by atoms with Crippen LogP contribution in [0.3, 0.4) is 0 Å². The van der Waals surface area contributed by atoms with Crippen LogP contribution in [0.5, 0.6) is 5.75 Å². The van der Waals surface area contributed by atoms with Crippen molar-refractivity contribution in [2.24, 2.45) is 0 Å². The van der Waals surface area contributed by atoms with E-state index in [0.29, 0.717) is 0 Å². The maximum absolute atomic E-state index is 6.08. The van der Waals surface area contributed by atoms with E-state index >= 15 is 0 Å². The minimum atomic E-state index is 0.819. The van der Waals surface area contributed by atoms with E-state index in [4.69, 9.17) is 4.74 Å². The van der Waals surface area contributed by atoms with Crippen molar-refractivity contribution in [1.82, 2.24) is 4.90 Å². The molecule has 0 saturated carbocycles. The molecule has 1 saturated heterocycles. The first kappa shape index (κ1) is 17.0. The molecule has 1 fully saturated rings. The van der Waals surface area contributed by atoms with Crippen molar-refractivity contribution in [2.45, 2.75) is 38.5 Å². The van der Waals surface area contributed by atoms with Crippen molar-refractivity contribution in [2.75, 3.05) is 26.2 Å². The summed E-state index contributed by atoms with van der Waals surface area (Å²) in [5.41, 5.74) is 2.61. The molecule has 0 bridgehead atoms. The normalized spacial score (nSPS) is 15.3. The molecular formula is C22H29NO. The Bertz CT molecular complexity index is 590. The van der Waals surface area contributed by atoms with Gasteiger partial charge in [0.25, 0.3) is 0 Å². The van der Waals surface area contributed by atoms with E-state index in [9.17, 15) is 0 Å². The molecule has 2 aromatic carbocycles. The Hall–Kier alpha value is -1.80. The number of nitrogens with zero attached hydrogens (tertiary/aromatic N) is 1. The number of para-hydroxylation sites is 1. The van der Waals surface area contributed by atoms with Crippen molar-refractivity contribution < 1.29 is 4.74 Å². The fourth-order valence-electron chi connectivity index (χ4n) is 3.41. The number of hydrogen-bond acceptors (Lipinski definition) is 2. The van der Waals surface area contributed by atoms with Gasteiger partial charge in [-0.3, -0.25) is 0 Å². The summed E-state index contributed by atoms with van der Waals surface area (Å²) in [5, 5.41) is 0. The third-order valence-electron chi connectivity index (χ3n) is 4.78. The molecule has 2 nitrogen and oxygen atoms in total. The van der Waals surface area contributed by atoms with Crippen molar-refractivity contribution in [3.05, 3.63) is 65.7 Å². The lowest BCUT2D eigenvalue weighted by Gasteiger charge is -2.26. The molecule has 3 rings (SSSR count). The summed E-state index contributed by atoms with van der Waals surface area (Å²) in [4.78, 5) is 2.60. The SMILES string of the molecule is c1ccc(Cc2ccccc2OCCCCN2CCCCC2)cc1. The molecule has 0 atom stereocenters. The van der Waals surface area contributed by atoms with Gasteiger partial charge in [-0.25, -0.2) is 0 Å². The van der Waals surface area contributed by atoms with E-state index in [1.54, 1.807) is 0 Å². The number of hydrogen-bond donors (Lipinski definition) is 0. The van der Waals surface area contributed by atoms with Crippen LogP contribution in [0.1, 0.15) is 43.2 Å². The number of likely N-dealkylation sites (tertiary alicyclic amines) is 1. The van der Waals surface area contributed by atoms with Crippen molar-refractivity contribution in [1.29, 1.82) is 0 Å². The van der Waals surface area contributed by atoms with E-state index in [1.165, 1.54) is 56.4 Å². The van der Waals surface area contributed by atoms with Gasteiger partial charge in [-0.1, -0.05) is 55.0 Å². The zero-order valence-electron chi connectivity index (χ0n) is 14.6. The summed E-state index contributed by atoms with van der Waals surface area (Å²) in [5.74, 6) is 1.04. The molecule has 24 heavy (non-hydrogen) atoms. The molecule has 1 heterocycles. The zero-order valence-corrected chi connectivity index (χ0v) is 14.6.